The number of rotatable bonds is 11. The van der Waals surface area contributed by atoms with E-state index in [9.17, 15) is 19.8 Å². The molecule has 1 aliphatic rings. The number of methoxy groups -OCH3 is 2. The van der Waals surface area contributed by atoms with E-state index < -0.39 is 35.5 Å². The van der Waals surface area contributed by atoms with E-state index in [1.807, 2.05) is 24.3 Å². The predicted octanol–water partition coefficient (Wildman–Crippen LogP) is 4.34. The highest BCUT2D eigenvalue weighted by Crippen LogP contribution is 2.39. The molecule has 0 saturated heterocycles. The second-order valence-electron chi connectivity index (χ2n) is 11.9. The highest BCUT2D eigenvalue weighted by Gasteiger charge is 2.27. The third kappa shape index (κ3) is 10.7. The van der Waals surface area contributed by atoms with Gasteiger partial charge in [0.1, 0.15) is 22.7 Å². The summed E-state index contributed by atoms with van der Waals surface area (Å²) < 4.78 is 22.0. The molecule has 0 saturated carbocycles. The van der Waals surface area contributed by atoms with Gasteiger partial charge in [-0.3, -0.25) is 0 Å². The van der Waals surface area contributed by atoms with E-state index in [0.29, 0.717) is 25.0 Å². The second-order valence-corrected chi connectivity index (χ2v) is 11.9. The molecule has 1 unspecified atom stereocenters. The van der Waals surface area contributed by atoms with Crippen LogP contribution < -0.4 is 15.4 Å². The van der Waals surface area contributed by atoms with Crippen molar-refractivity contribution >= 4 is 12.2 Å². The fourth-order valence-corrected chi connectivity index (χ4v) is 4.37. The molecular formula is C30H46N2O8. The first-order valence-electron chi connectivity index (χ1n) is 13.5. The largest absolute Gasteiger partial charge is 0.500 e. The summed E-state index contributed by atoms with van der Waals surface area (Å²) in [5.74, 6) is 1.11. The zero-order valence-corrected chi connectivity index (χ0v) is 25.0. The van der Waals surface area contributed by atoms with Crippen molar-refractivity contribution in [2.45, 2.75) is 90.0 Å². The smallest absolute Gasteiger partial charge is 0.407 e. The van der Waals surface area contributed by atoms with Gasteiger partial charge in [-0.05, 0) is 78.5 Å². The van der Waals surface area contributed by atoms with Crippen molar-refractivity contribution in [3.05, 3.63) is 52.8 Å². The third-order valence-corrected chi connectivity index (χ3v) is 6.01. The van der Waals surface area contributed by atoms with Crippen LogP contribution in [0.4, 0.5) is 9.59 Å². The molecule has 10 heteroatoms. The van der Waals surface area contributed by atoms with Crippen LogP contribution in [0, 0.1) is 0 Å². The van der Waals surface area contributed by atoms with E-state index in [4.69, 9.17) is 18.9 Å². The average Bonchev–Trinajstić information content (AvgIpc) is 2.85. The molecule has 2 amide bonds. The summed E-state index contributed by atoms with van der Waals surface area (Å²) in [6, 6.07) is 4.64. The van der Waals surface area contributed by atoms with Gasteiger partial charge in [0.2, 0.25) is 0 Å². The van der Waals surface area contributed by atoms with Crippen molar-refractivity contribution in [1.82, 2.24) is 10.6 Å². The molecule has 3 atom stereocenters. The molecule has 0 spiro atoms. The summed E-state index contributed by atoms with van der Waals surface area (Å²) in [5, 5.41) is 25.3. The van der Waals surface area contributed by atoms with Gasteiger partial charge in [-0.25, -0.2) is 9.59 Å². The van der Waals surface area contributed by atoms with Gasteiger partial charge in [-0.1, -0.05) is 23.8 Å². The first-order valence-corrected chi connectivity index (χ1v) is 13.5. The zero-order chi connectivity index (χ0) is 30.1. The van der Waals surface area contributed by atoms with E-state index >= 15 is 0 Å². The number of carbonyl (C=O) groups excluding carboxylic acids is 2. The molecule has 0 heterocycles. The molecule has 4 N–H and O–H groups in total. The number of ether oxygens (including phenoxy) is 4. The molecule has 1 aromatic carbocycles. The second kappa shape index (κ2) is 14.4. The van der Waals surface area contributed by atoms with Crippen LogP contribution in [0.3, 0.4) is 0 Å². The summed E-state index contributed by atoms with van der Waals surface area (Å²) in [6.07, 6.45) is 4.25. The fourth-order valence-electron chi connectivity index (χ4n) is 4.37. The molecule has 224 valence electrons. The Hall–Kier alpha value is -3.24. The van der Waals surface area contributed by atoms with Gasteiger partial charge in [-0.15, -0.1) is 0 Å². The van der Waals surface area contributed by atoms with E-state index in [-0.39, 0.29) is 19.1 Å². The Morgan fingerprint density at radius 2 is 1.45 bits per heavy atom. The maximum Gasteiger partial charge on any atom is 0.407 e. The molecular weight excluding hydrogens is 516 g/mol. The molecule has 1 aliphatic carbocycles. The van der Waals surface area contributed by atoms with Crippen LogP contribution in [0.5, 0.6) is 5.75 Å². The quantitative estimate of drug-likeness (QED) is 0.293. The molecule has 1 aromatic rings. The number of alkyl carbamates (subject to hydrolysis) is 2. The van der Waals surface area contributed by atoms with Crippen molar-refractivity contribution < 1.29 is 38.7 Å². The third-order valence-electron chi connectivity index (χ3n) is 6.01. The minimum absolute atomic E-state index is 0.242. The number of allylic oxidation sites excluding steroid dienone is 2. The number of carbonyl (C=O) groups is 2. The number of aliphatic hydroxyl groups is 2. The van der Waals surface area contributed by atoms with Crippen molar-refractivity contribution in [3.63, 3.8) is 0 Å². The average molecular weight is 563 g/mol. The van der Waals surface area contributed by atoms with Gasteiger partial charge in [0, 0.05) is 5.56 Å². The van der Waals surface area contributed by atoms with Crippen LogP contribution in [0.1, 0.15) is 71.4 Å². The van der Waals surface area contributed by atoms with Gasteiger partial charge in [0.05, 0.1) is 45.4 Å². The molecule has 0 fully saturated rings. The highest BCUT2D eigenvalue weighted by molar-refractivity contribution is 5.68. The van der Waals surface area contributed by atoms with Crippen LogP contribution in [-0.2, 0) is 20.6 Å². The summed E-state index contributed by atoms with van der Waals surface area (Å²) in [5.41, 5.74) is 1.44. The zero-order valence-electron chi connectivity index (χ0n) is 25.0. The first-order chi connectivity index (χ1) is 18.7. The van der Waals surface area contributed by atoms with Crippen molar-refractivity contribution in [2.24, 2.45) is 0 Å². The van der Waals surface area contributed by atoms with Crippen LogP contribution in [0.25, 0.3) is 0 Å². The van der Waals surface area contributed by atoms with Gasteiger partial charge >= 0.3 is 12.2 Å². The molecule has 0 bridgehead atoms. The maximum atomic E-state index is 12.3. The summed E-state index contributed by atoms with van der Waals surface area (Å²) in [7, 11) is 3.20. The lowest BCUT2D eigenvalue weighted by Crippen LogP contribution is -2.42. The topological polar surface area (TPSA) is 136 Å². The lowest BCUT2D eigenvalue weighted by molar-refractivity contribution is 0.0472. The lowest BCUT2D eigenvalue weighted by Gasteiger charge is -2.27. The van der Waals surface area contributed by atoms with Crippen LogP contribution >= 0.6 is 0 Å². The molecule has 0 radical (unpaired) electrons. The summed E-state index contributed by atoms with van der Waals surface area (Å²) >= 11 is 0. The fraction of sp³-hybridized carbons (Fsp3) is 0.600. The monoisotopic (exact) mass is 562 g/mol. The van der Waals surface area contributed by atoms with E-state index in [1.54, 1.807) is 55.8 Å². The maximum absolute atomic E-state index is 12.3. The number of nitrogens with one attached hydrogen (secondary N) is 2. The summed E-state index contributed by atoms with van der Waals surface area (Å²) in [6.45, 7) is 10.2. The van der Waals surface area contributed by atoms with Crippen LogP contribution in [0.2, 0.25) is 0 Å². The van der Waals surface area contributed by atoms with Gasteiger partial charge in [0.15, 0.2) is 0 Å². The molecule has 0 aliphatic heterocycles. The molecule has 10 nitrogen and oxygen atoms in total. The van der Waals surface area contributed by atoms with E-state index in [2.05, 4.69) is 16.7 Å². The Labute approximate surface area is 237 Å². The number of benzene rings is 1. The Morgan fingerprint density at radius 3 is 1.93 bits per heavy atom. The Balaban J connectivity index is 2.28. The standard InChI is InChI=1S/C30H46N2O8/c1-29(2,3)39-27(35)31-21(17-33)13-19-9-11-25(37-7)23(15-19)24-16-20(10-12-26(24)38-8)14-22(18-34)32-28(36)40-30(4,5)6/h9,11-12,15-16,21-22,24,33-34H,10,13-14,17-18H2,1-8H3,(H,31,35)(H,32,36)/t21-,22-,24?/m0/s1. The lowest BCUT2D eigenvalue weighted by atomic mass is 9.85. The normalized spacial score (nSPS) is 17.1. The molecule has 2 rings (SSSR count). The van der Waals surface area contributed by atoms with Gasteiger partial charge in [0.25, 0.3) is 0 Å². The Morgan fingerprint density at radius 1 is 0.900 bits per heavy atom. The van der Waals surface area contributed by atoms with E-state index in [0.717, 1.165) is 22.5 Å². The van der Waals surface area contributed by atoms with E-state index in [1.165, 1.54) is 0 Å². The van der Waals surface area contributed by atoms with Gasteiger partial charge < -0.3 is 39.8 Å². The number of hydrogen-bond donors (Lipinski definition) is 4. The number of amides is 2. The highest BCUT2D eigenvalue weighted by atomic mass is 16.6. The SMILES string of the molecule is COC1=CCC(C[C@@H](CO)NC(=O)OC(C)(C)C)=CC1c1cc(C[C@@H](CO)NC(=O)OC(C)(C)C)ccc1OC. The minimum Gasteiger partial charge on any atom is -0.500 e. The summed E-state index contributed by atoms with van der Waals surface area (Å²) in [4.78, 5) is 24.5. The Bertz CT molecular complexity index is 1070. The van der Waals surface area contributed by atoms with Crippen molar-refractivity contribution in [2.75, 3.05) is 27.4 Å². The van der Waals surface area contributed by atoms with Crippen molar-refractivity contribution in [3.8, 4) is 5.75 Å². The number of hydrogen-bond acceptors (Lipinski definition) is 8. The predicted molar refractivity (Wildman–Crippen MR) is 152 cm³/mol. The van der Waals surface area contributed by atoms with Crippen molar-refractivity contribution in [1.29, 1.82) is 0 Å². The first kappa shape index (κ1) is 33.0. The molecule has 40 heavy (non-hydrogen) atoms. The van der Waals surface area contributed by atoms with Crippen LogP contribution in [-0.4, -0.2) is 73.1 Å². The van der Waals surface area contributed by atoms with Gasteiger partial charge in [-0.2, -0.15) is 0 Å². The Kier molecular flexibility index (Phi) is 11.9. The number of aliphatic hydroxyl groups excluding tert-OH is 2. The minimum atomic E-state index is -0.650. The van der Waals surface area contributed by atoms with Crippen LogP contribution in [0.15, 0.2) is 41.7 Å². The molecule has 0 aromatic heterocycles.